The fraction of sp³-hybridized carbons (Fsp3) is 0.273. The molecule has 0 atom stereocenters. The van der Waals surface area contributed by atoms with Gasteiger partial charge in [0.1, 0.15) is 6.10 Å². The molecule has 1 aromatic heterocycles. The minimum Gasteiger partial charge on any atom is -0.459 e. The van der Waals surface area contributed by atoms with E-state index in [0.717, 1.165) is 47.7 Å². The summed E-state index contributed by atoms with van der Waals surface area (Å²) in [5.41, 5.74) is 3.62. The summed E-state index contributed by atoms with van der Waals surface area (Å²) in [6, 6.07) is 18.0. The molecule has 25 heavy (non-hydrogen) atoms. The lowest BCUT2D eigenvalue weighted by atomic mass is 9.97. The molecule has 1 aliphatic rings. The summed E-state index contributed by atoms with van der Waals surface area (Å²) >= 11 is 0. The second-order valence-corrected chi connectivity index (χ2v) is 6.62. The lowest BCUT2D eigenvalue weighted by Crippen LogP contribution is -2.21. The monoisotopic (exact) mass is 331 g/mol. The lowest BCUT2D eigenvalue weighted by Gasteiger charge is -2.22. The second-order valence-electron chi connectivity index (χ2n) is 6.62. The van der Waals surface area contributed by atoms with Gasteiger partial charge < -0.3 is 4.74 Å². The van der Waals surface area contributed by atoms with E-state index in [2.05, 4.69) is 17.1 Å². The van der Waals surface area contributed by atoms with Gasteiger partial charge in [0.2, 0.25) is 0 Å². The standard InChI is InChI=1S/C22H21NO2/c24-22(25-18-9-5-2-6-10-18)19-13-14-23-21-12-11-17(15-20(19)21)16-7-3-1-4-8-16/h1,3-4,7-8,11-15,18H,2,5-6,9-10H2. The SMILES string of the molecule is O=C(OC1CCCCC1)c1ccnc2ccc(-c3ccccc3)cc12. The molecule has 1 heterocycles. The van der Waals surface area contributed by atoms with Gasteiger partial charge in [-0.25, -0.2) is 4.79 Å². The van der Waals surface area contributed by atoms with E-state index in [1.807, 2.05) is 36.4 Å². The van der Waals surface area contributed by atoms with Crippen molar-refractivity contribution in [3.8, 4) is 11.1 Å². The molecule has 1 fully saturated rings. The number of carbonyl (C=O) groups is 1. The quantitative estimate of drug-likeness (QED) is 0.604. The highest BCUT2D eigenvalue weighted by molar-refractivity contribution is 6.04. The third-order valence-corrected chi connectivity index (χ3v) is 4.89. The van der Waals surface area contributed by atoms with Crippen molar-refractivity contribution in [3.63, 3.8) is 0 Å². The van der Waals surface area contributed by atoms with E-state index in [-0.39, 0.29) is 12.1 Å². The van der Waals surface area contributed by atoms with Gasteiger partial charge in [0.15, 0.2) is 0 Å². The normalized spacial score (nSPS) is 15.2. The van der Waals surface area contributed by atoms with E-state index in [1.54, 1.807) is 12.3 Å². The molecular weight excluding hydrogens is 310 g/mol. The molecule has 0 bridgehead atoms. The first-order valence-corrected chi connectivity index (χ1v) is 8.96. The Hall–Kier alpha value is -2.68. The topological polar surface area (TPSA) is 39.2 Å². The first-order chi connectivity index (χ1) is 12.3. The Labute approximate surface area is 147 Å². The molecule has 1 aliphatic carbocycles. The molecule has 2 aromatic carbocycles. The average Bonchev–Trinajstić information content (AvgIpc) is 2.68. The van der Waals surface area contributed by atoms with E-state index < -0.39 is 0 Å². The first-order valence-electron chi connectivity index (χ1n) is 8.96. The van der Waals surface area contributed by atoms with Crippen LogP contribution in [-0.2, 0) is 4.74 Å². The van der Waals surface area contributed by atoms with Gasteiger partial charge in [0, 0.05) is 11.6 Å². The molecule has 4 rings (SSSR count). The van der Waals surface area contributed by atoms with Crippen LogP contribution in [-0.4, -0.2) is 17.1 Å². The number of aromatic nitrogens is 1. The number of hydrogen-bond acceptors (Lipinski definition) is 3. The fourth-order valence-corrected chi connectivity index (χ4v) is 3.53. The summed E-state index contributed by atoms with van der Waals surface area (Å²) in [5, 5.41) is 0.852. The Kier molecular flexibility index (Phi) is 4.47. The smallest absolute Gasteiger partial charge is 0.339 e. The Bertz CT molecular complexity index is 883. The van der Waals surface area contributed by atoms with E-state index in [9.17, 15) is 4.79 Å². The Morgan fingerprint density at radius 3 is 2.52 bits per heavy atom. The maximum atomic E-state index is 12.7. The minimum atomic E-state index is -0.232. The number of fused-ring (bicyclic) bond motifs is 1. The number of hydrogen-bond donors (Lipinski definition) is 0. The predicted octanol–water partition coefficient (Wildman–Crippen LogP) is 5.39. The number of nitrogens with zero attached hydrogens (tertiary/aromatic N) is 1. The highest BCUT2D eigenvalue weighted by Gasteiger charge is 2.20. The number of esters is 1. The van der Waals surface area contributed by atoms with Crippen molar-refractivity contribution in [2.45, 2.75) is 38.2 Å². The van der Waals surface area contributed by atoms with Crippen LogP contribution in [0.25, 0.3) is 22.0 Å². The van der Waals surface area contributed by atoms with Crippen molar-refractivity contribution in [1.82, 2.24) is 4.98 Å². The zero-order valence-electron chi connectivity index (χ0n) is 14.2. The van der Waals surface area contributed by atoms with Crippen LogP contribution < -0.4 is 0 Å². The van der Waals surface area contributed by atoms with Crippen molar-refractivity contribution < 1.29 is 9.53 Å². The highest BCUT2D eigenvalue weighted by atomic mass is 16.5. The highest BCUT2D eigenvalue weighted by Crippen LogP contribution is 2.27. The summed E-state index contributed by atoms with van der Waals surface area (Å²) in [7, 11) is 0. The second kappa shape index (κ2) is 7.06. The summed E-state index contributed by atoms with van der Waals surface area (Å²) in [6.45, 7) is 0. The maximum absolute atomic E-state index is 12.7. The molecule has 0 amide bonds. The zero-order valence-corrected chi connectivity index (χ0v) is 14.2. The van der Waals surface area contributed by atoms with Crippen LogP contribution >= 0.6 is 0 Å². The van der Waals surface area contributed by atoms with Crippen LogP contribution in [0.3, 0.4) is 0 Å². The van der Waals surface area contributed by atoms with E-state index >= 15 is 0 Å². The van der Waals surface area contributed by atoms with Crippen LogP contribution in [0.4, 0.5) is 0 Å². The van der Waals surface area contributed by atoms with Crippen molar-refractivity contribution in [1.29, 1.82) is 0 Å². The number of rotatable bonds is 3. The number of ether oxygens (including phenoxy) is 1. The van der Waals surface area contributed by atoms with Crippen molar-refractivity contribution in [2.24, 2.45) is 0 Å². The van der Waals surface area contributed by atoms with Crippen LogP contribution in [0, 0.1) is 0 Å². The van der Waals surface area contributed by atoms with Gasteiger partial charge in [-0.3, -0.25) is 4.98 Å². The first kappa shape index (κ1) is 15.8. The van der Waals surface area contributed by atoms with Crippen LogP contribution in [0.5, 0.6) is 0 Å². The molecule has 1 saturated carbocycles. The van der Waals surface area contributed by atoms with Gasteiger partial charge in [-0.1, -0.05) is 42.8 Å². The van der Waals surface area contributed by atoms with Crippen molar-refractivity contribution in [3.05, 3.63) is 66.4 Å². The summed E-state index contributed by atoms with van der Waals surface area (Å²) in [5.74, 6) is -0.232. The van der Waals surface area contributed by atoms with Gasteiger partial charge >= 0.3 is 5.97 Å². The number of carbonyl (C=O) groups excluding carboxylic acids is 1. The van der Waals surface area contributed by atoms with Crippen molar-refractivity contribution >= 4 is 16.9 Å². The van der Waals surface area contributed by atoms with Crippen LogP contribution in [0.15, 0.2) is 60.8 Å². The third kappa shape index (κ3) is 3.41. The Morgan fingerprint density at radius 1 is 0.920 bits per heavy atom. The molecule has 0 saturated heterocycles. The van der Waals surface area contributed by atoms with Gasteiger partial charge in [-0.2, -0.15) is 0 Å². The molecule has 3 heteroatoms. The number of benzene rings is 2. The molecule has 0 spiro atoms. The third-order valence-electron chi connectivity index (χ3n) is 4.89. The molecule has 126 valence electrons. The number of pyridine rings is 1. The Morgan fingerprint density at radius 2 is 1.72 bits per heavy atom. The molecule has 3 nitrogen and oxygen atoms in total. The van der Waals surface area contributed by atoms with Gasteiger partial charge in [-0.05, 0) is 55.0 Å². The average molecular weight is 331 g/mol. The zero-order chi connectivity index (χ0) is 17.1. The largest absolute Gasteiger partial charge is 0.459 e. The summed E-state index contributed by atoms with van der Waals surface area (Å²) in [6.07, 6.45) is 7.23. The molecule has 0 N–H and O–H groups in total. The molecule has 0 radical (unpaired) electrons. The van der Waals surface area contributed by atoms with Crippen LogP contribution in [0.2, 0.25) is 0 Å². The van der Waals surface area contributed by atoms with Gasteiger partial charge in [0.05, 0.1) is 11.1 Å². The van der Waals surface area contributed by atoms with Gasteiger partial charge in [-0.15, -0.1) is 0 Å². The fourth-order valence-electron chi connectivity index (χ4n) is 3.53. The van der Waals surface area contributed by atoms with Crippen LogP contribution in [0.1, 0.15) is 42.5 Å². The summed E-state index contributed by atoms with van der Waals surface area (Å²) in [4.78, 5) is 17.1. The molecule has 0 unspecified atom stereocenters. The van der Waals surface area contributed by atoms with E-state index in [0.29, 0.717) is 5.56 Å². The Balaban J connectivity index is 1.69. The lowest BCUT2D eigenvalue weighted by molar-refractivity contribution is 0.0213. The maximum Gasteiger partial charge on any atom is 0.339 e. The van der Waals surface area contributed by atoms with E-state index in [4.69, 9.17) is 4.74 Å². The van der Waals surface area contributed by atoms with Gasteiger partial charge in [0.25, 0.3) is 0 Å². The minimum absolute atomic E-state index is 0.0572. The predicted molar refractivity (Wildman–Crippen MR) is 99.5 cm³/mol. The van der Waals surface area contributed by atoms with E-state index in [1.165, 1.54) is 6.42 Å². The summed E-state index contributed by atoms with van der Waals surface area (Å²) < 4.78 is 5.76. The molecule has 0 aliphatic heterocycles. The molecular formula is C22H21NO2. The van der Waals surface area contributed by atoms with Crippen molar-refractivity contribution in [2.75, 3.05) is 0 Å². The molecule has 3 aromatic rings.